The Morgan fingerprint density at radius 1 is 1.12 bits per heavy atom. The number of carbonyl (C=O) groups is 1. The summed E-state index contributed by atoms with van der Waals surface area (Å²) in [7, 11) is 0. The maximum atomic E-state index is 12.4. The van der Waals surface area contributed by atoms with Crippen LogP contribution >= 0.6 is 23.5 Å². The molecule has 6 nitrogen and oxygen atoms in total. The van der Waals surface area contributed by atoms with Crippen molar-refractivity contribution in [1.82, 2.24) is 14.1 Å². The molecule has 178 valence electrons. The molecule has 0 spiro atoms. The zero-order chi connectivity index (χ0) is 22.9. The summed E-state index contributed by atoms with van der Waals surface area (Å²) in [5, 5.41) is 0.692. The van der Waals surface area contributed by atoms with Gasteiger partial charge in [-0.05, 0) is 69.4 Å². The van der Waals surface area contributed by atoms with E-state index in [1.54, 1.807) is 0 Å². The summed E-state index contributed by atoms with van der Waals surface area (Å²) in [4.78, 5) is 16.7. The highest BCUT2D eigenvalue weighted by molar-refractivity contribution is 7.96. The molecule has 1 aliphatic carbocycles. The average Bonchev–Trinajstić information content (AvgIpc) is 3.28. The predicted octanol–water partition coefficient (Wildman–Crippen LogP) is 4.76. The minimum atomic E-state index is -0.452. The Bertz CT molecular complexity index is 796. The van der Waals surface area contributed by atoms with Gasteiger partial charge in [-0.1, -0.05) is 29.6 Å². The molecule has 0 radical (unpaired) electrons. The van der Waals surface area contributed by atoms with Gasteiger partial charge in [-0.2, -0.15) is 0 Å². The second kappa shape index (κ2) is 10.00. The van der Waals surface area contributed by atoms with Gasteiger partial charge in [0.05, 0.1) is 11.1 Å². The van der Waals surface area contributed by atoms with E-state index >= 15 is 0 Å². The number of amides is 1. The topological polar surface area (TPSA) is 45.2 Å². The van der Waals surface area contributed by atoms with Gasteiger partial charge in [-0.3, -0.25) is 4.90 Å². The van der Waals surface area contributed by atoms with Gasteiger partial charge in [0, 0.05) is 45.8 Å². The smallest absolute Gasteiger partial charge is 0.410 e. The lowest BCUT2D eigenvalue weighted by molar-refractivity contribution is 0.0272. The molecule has 0 aromatic heterocycles. The first kappa shape index (κ1) is 24.0. The number of rotatable bonds is 5. The van der Waals surface area contributed by atoms with Crippen LogP contribution in [-0.4, -0.2) is 77.4 Å². The van der Waals surface area contributed by atoms with Crippen molar-refractivity contribution in [3.63, 3.8) is 0 Å². The molecule has 1 amide bonds. The number of halogens is 1. The third-order valence-electron chi connectivity index (χ3n) is 6.64. The van der Waals surface area contributed by atoms with E-state index in [0.717, 1.165) is 64.4 Å². The number of nitrogens with zero attached hydrogens (tertiary/aromatic N) is 3. The summed E-state index contributed by atoms with van der Waals surface area (Å²) in [6.07, 6.45) is 4.03. The molecule has 2 aliphatic heterocycles. The molecule has 1 aromatic carbocycles. The molecule has 8 heteroatoms. The quantitative estimate of drug-likeness (QED) is 0.565. The highest BCUT2D eigenvalue weighted by atomic mass is 35.5. The van der Waals surface area contributed by atoms with Gasteiger partial charge < -0.3 is 14.4 Å². The van der Waals surface area contributed by atoms with Gasteiger partial charge in [-0.25, -0.2) is 9.10 Å². The number of fused-ring (bicyclic) bond motifs is 1. The summed E-state index contributed by atoms with van der Waals surface area (Å²) < 4.78 is 14.2. The van der Waals surface area contributed by atoms with Gasteiger partial charge in [0.2, 0.25) is 0 Å². The van der Waals surface area contributed by atoms with Gasteiger partial charge in [0.1, 0.15) is 11.4 Å². The summed E-state index contributed by atoms with van der Waals surface area (Å²) in [6.45, 7) is 12.5. The van der Waals surface area contributed by atoms with Crippen LogP contribution in [0.3, 0.4) is 0 Å². The number of hydrogen-bond acceptors (Lipinski definition) is 6. The van der Waals surface area contributed by atoms with E-state index in [1.165, 1.54) is 5.56 Å². The van der Waals surface area contributed by atoms with E-state index in [4.69, 9.17) is 21.1 Å². The number of hydrogen-bond donors (Lipinski definition) is 0. The molecule has 0 bridgehead atoms. The zero-order valence-corrected chi connectivity index (χ0v) is 21.3. The molecule has 1 aromatic rings. The first-order valence-electron chi connectivity index (χ1n) is 11.6. The van der Waals surface area contributed by atoms with E-state index in [2.05, 4.69) is 27.6 Å². The molecular formula is C24H36ClN3O3S. The van der Waals surface area contributed by atoms with Crippen LogP contribution in [0.2, 0.25) is 5.02 Å². The molecule has 2 saturated heterocycles. The summed E-state index contributed by atoms with van der Waals surface area (Å²) in [5.41, 5.74) is 0.781. The normalized spacial score (nSPS) is 26.9. The van der Waals surface area contributed by atoms with Crippen molar-refractivity contribution in [2.24, 2.45) is 11.8 Å². The van der Waals surface area contributed by atoms with Gasteiger partial charge >= 0.3 is 6.09 Å². The monoisotopic (exact) mass is 481 g/mol. The summed E-state index contributed by atoms with van der Waals surface area (Å²) in [5.74, 6) is 1.73. The van der Waals surface area contributed by atoms with Crippen LogP contribution in [0, 0.1) is 11.8 Å². The third kappa shape index (κ3) is 6.04. The van der Waals surface area contributed by atoms with Crippen LogP contribution in [0.1, 0.15) is 39.2 Å². The lowest BCUT2D eigenvalue weighted by Gasteiger charge is -2.33. The average molecular weight is 482 g/mol. The van der Waals surface area contributed by atoms with Crippen molar-refractivity contribution < 1.29 is 14.3 Å². The van der Waals surface area contributed by atoms with Gasteiger partial charge in [0.25, 0.3) is 0 Å². The number of likely N-dealkylation sites (tertiary alicyclic amines) is 1. The molecule has 1 saturated carbocycles. The fraction of sp³-hybridized carbons (Fsp3) is 0.708. The Labute approximate surface area is 201 Å². The Balaban J connectivity index is 1.26. The first-order chi connectivity index (χ1) is 15.2. The minimum absolute atomic E-state index is 0.161. The van der Waals surface area contributed by atoms with Crippen LogP contribution in [0.25, 0.3) is 0 Å². The maximum Gasteiger partial charge on any atom is 0.410 e. The van der Waals surface area contributed by atoms with E-state index in [9.17, 15) is 4.79 Å². The fourth-order valence-corrected chi connectivity index (χ4v) is 5.84. The molecule has 4 rings (SSSR count). The molecular weight excluding hydrogens is 446 g/mol. The van der Waals surface area contributed by atoms with Crippen molar-refractivity contribution in [1.29, 1.82) is 0 Å². The molecule has 2 atom stereocenters. The van der Waals surface area contributed by atoms with Gasteiger partial charge in [-0.15, -0.1) is 0 Å². The molecule has 3 aliphatic rings. The van der Waals surface area contributed by atoms with E-state index in [1.807, 2.05) is 43.7 Å². The third-order valence-corrected chi connectivity index (χ3v) is 7.82. The van der Waals surface area contributed by atoms with Crippen LogP contribution < -0.4 is 4.74 Å². The lowest BCUT2D eigenvalue weighted by Crippen LogP contribution is -2.42. The van der Waals surface area contributed by atoms with Crippen LogP contribution in [0.5, 0.6) is 5.75 Å². The maximum absolute atomic E-state index is 12.4. The molecule has 2 unspecified atom stereocenters. The van der Waals surface area contributed by atoms with Gasteiger partial charge in [0.15, 0.2) is 0 Å². The minimum Gasteiger partial charge on any atom is -0.489 e. The second-order valence-corrected chi connectivity index (χ2v) is 11.6. The summed E-state index contributed by atoms with van der Waals surface area (Å²) in [6, 6.07) is 6.22. The molecule has 3 fully saturated rings. The van der Waals surface area contributed by atoms with Crippen LogP contribution in [-0.2, 0) is 11.3 Å². The molecule has 32 heavy (non-hydrogen) atoms. The Morgan fingerprint density at radius 3 is 2.34 bits per heavy atom. The van der Waals surface area contributed by atoms with Crippen LogP contribution in [0.15, 0.2) is 18.2 Å². The summed E-state index contributed by atoms with van der Waals surface area (Å²) >= 11 is 8.42. The lowest BCUT2D eigenvalue weighted by atomic mass is 10.0. The largest absolute Gasteiger partial charge is 0.489 e. The zero-order valence-electron chi connectivity index (χ0n) is 19.7. The molecule has 0 N–H and O–H groups in total. The van der Waals surface area contributed by atoms with Crippen molar-refractivity contribution in [2.75, 3.05) is 45.5 Å². The molecule has 2 heterocycles. The van der Waals surface area contributed by atoms with E-state index in [-0.39, 0.29) is 12.2 Å². The highest BCUT2D eigenvalue weighted by Crippen LogP contribution is 2.41. The second-order valence-electron chi connectivity index (χ2n) is 10.3. The number of benzene rings is 1. The van der Waals surface area contributed by atoms with E-state index in [0.29, 0.717) is 16.9 Å². The SMILES string of the molecule is CSN1CCN(Cc2ccc(OC3CC4CN(C(=O)OC(C)(C)C)CC4C3)c(Cl)c2)CC1. The number of piperazine rings is 1. The Morgan fingerprint density at radius 2 is 1.78 bits per heavy atom. The highest BCUT2D eigenvalue weighted by Gasteiger charge is 2.44. The van der Waals surface area contributed by atoms with Crippen molar-refractivity contribution in [2.45, 2.75) is 51.9 Å². The van der Waals surface area contributed by atoms with E-state index < -0.39 is 5.60 Å². The van der Waals surface area contributed by atoms with Crippen LogP contribution in [0.4, 0.5) is 4.79 Å². The number of carbonyl (C=O) groups excluding carboxylic acids is 1. The Kier molecular flexibility index (Phi) is 7.50. The fourth-order valence-electron chi connectivity index (χ4n) is 5.06. The van der Waals surface area contributed by atoms with Crippen molar-refractivity contribution >= 4 is 29.6 Å². The first-order valence-corrected chi connectivity index (χ1v) is 13.2. The number of ether oxygens (including phenoxy) is 2. The predicted molar refractivity (Wildman–Crippen MR) is 130 cm³/mol. The van der Waals surface area contributed by atoms with Crippen molar-refractivity contribution in [3.05, 3.63) is 28.8 Å². The standard InChI is InChI=1S/C24H36ClN3O3S/c1-24(2,3)31-23(29)27-15-18-12-20(13-19(18)16-27)30-22-6-5-17(11-21(22)25)14-26-7-9-28(32-4)10-8-26/h5-6,11,18-20H,7-10,12-16H2,1-4H3. The Hall–Kier alpha value is -1.15. The van der Waals surface area contributed by atoms with Crippen molar-refractivity contribution in [3.8, 4) is 5.75 Å².